The predicted octanol–water partition coefficient (Wildman–Crippen LogP) is 2.18. The number of benzene rings is 3. The molecule has 0 saturated carbocycles. The highest BCUT2D eigenvalue weighted by Gasteiger charge is 2.54. The minimum absolute atomic E-state index is 0. The lowest BCUT2D eigenvalue weighted by Crippen LogP contribution is -3.00. The zero-order valence-electron chi connectivity index (χ0n) is 29.9. The van der Waals surface area contributed by atoms with Crippen LogP contribution in [0.25, 0.3) is 10.9 Å². The number of amides is 2. The number of halogens is 2. The predicted molar refractivity (Wildman–Crippen MR) is 212 cm³/mol. The molecule has 2 aliphatic rings. The van der Waals surface area contributed by atoms with Crippen LogP contribution in [0.15, 0.2) is 131 Å². The monoisotopic (exact) mass is 934 g/mol. The summed E-state index contributed by atoms with van der Waals surface area (Å²) in [4.78, 5) is 51.3. The molecule has 5 heterocycles. The Kier molecular flexibility index (Phi) is 11.8. The number of carbonyl (C=O) groups excluding carboxylic acids is 2. The van der Waals surface area contributed by atoms with Crippen molar-refractivity contribution in [1.29, 1.82) is 0 Å². The number of hydrogen-bond acceptors (Lipinski definition) is 11. The molecule has 8 rings (SSSR count). The normalized spacial score (nSPS) is 16.9. The van der Waals surface area contributed by atoms with Gasteiger partial charge in [-0.15, -0.1) is 11.8 Å². The number of nitrogens with one attached hydrogen (secondary N) is 2. The summed E-state index contributed by atoms with van der Waals surface area (Å²) in [6.45, 7) is -1.33. The third kappa shape index (κ3) is 7.56. The molecular weight excluding hydrogens is 903 g/mol. The van der Waals surface area contributed by atoms with Crippen molar-refractivity contribution in [2.45, 2.75) is 17.0 Å². The van der Waals surface area contributed by atoms with Crippen LogP contribution in [-0.4, -0.2) is 71.3 Å². The van der Waals surface area contributed by atoms with Crippen LogP contribution in [0.2, 0.25) is 0 Å². The molecule has 1 fully saturated rings. The first kappa shape index (κ1) is 39.8. The zero-order valence-corrected chi connectivity index (χ0v) is 34.5. The maximum absolute atomic E-state index is 13.8. The largest absolute Gasteiger partial charge is 1.00 e. The third-order valence-electron chi connectivity index (χ3n) is 9.34. The fourth-order valence-corrected chi connectivity index (χ4v) is 9.71. The number of allylic oxidation sites excluding steroid dienone is 1. The molecule has 3 aromatic heterocycles. The molecule has 2 atom stereocenters. The minimum atomic E-state index is -1.33. The van der Waals surface area contributed by atoms with Crippen LogP contribution in [0.3, 0.4) is 0 Å². The lowest BCUT2D eigenvalue weighted by atomic mass is 9.77. The Balaban J connectivity index is 0.00000496. The Bertz CT molecular complexity index is 2430. The van der Waals surface area contributed by atoms with Gasteiger partial charge in [0.15, 0.2) is 0 Å². The number of oxime groups is 1. The molecule has 1 saturated heterocycles. The van der Waals surface area contributed by atoms with Gasteiger partial charge >= 0.3 is 5.97 Å². The van der Waals surface area contributed by atoms with Crippen LogP contribution < -0.4 is 39.2 Å². The fraction of sp³-hybridized carbons (Fsp3) is 0.154. The second-order valence-corrected chi connectivity index (χ2v) is 15.5. The molecule has 0 aliphatic carbocycles. The number of anilines is 1. The summed E-state index contributed by atoms with van der Waals surface area (Å²) in [5.41, 5.74) is 2.48. The number of imidazole rings is 1. The van der Waals surface area contributed by atoms with Crippen molar-refractivity contribution in [1.82, 2.24) is 24.0 Å². The summed E-state index contributed by atoms with van der Waals surface area (Å²) in [6.07, 6.45) is 7.41. The van der Waals surface area contributed by atoms with Crippen LogP contribution in [0, 0.1) is 0 Å². The molecule has 18 heteroatoms. The molecule has 0 radical (unpaired) electrons. The van der Waals surface area contributed by atoms with Crippen molar-refractivity contribution < 1.29 is 57.3 Å². The smallest absolute Gasteiger partial charge is 0.352 e. The molecule has 3 aromatic carbocycles. The molecule has 6 aromatic rings. The number of rotatable bonds is 13. The van der Waals surface area contributed by atoms with E-state index in [2.05, 4.69) is 30.0 Å². The summed E-state index contributed by atoms with van der Waals surface area (Å²) in [5, 5.41) is 21.7. The van der Waals surface area contributed by atoms with Crippen LogP contribution in [0.4, 0.5) is 9.52 Å². The molecule has 0 bridgehead atoms. The number of fused-ring (bicyclic) bond motifs is 2. The lowest BCUT2D eigenvalue weighted by molar-refractivity contribution is -0.669. The van der Waals surface area contributed by atoms with Crippen molar-refractivity contribution in [2.24, 2.45) is 12.2 Å². The SMILES string of the molecule is C[n+]1cc2scc(C=CC3=C(C(=O)O)N4C(=O)[C@@H](NC(=O)/C(=N\OCF)c5nsc(NC(c6ccccc6)(c6ccccc6)c6ccccc6)n5)[C@H]4SC3)n2c1.[I-]. The van der Waals surface area contributed by atoms with Gasteiger partial charge in [0.1, 0.15) is 34.5 Å². The van der Waals surface area contributed by atoms with Gasteiger partial charge in [0, 0.05) is 22.7 Å². The Morgan fingerprint density at radius 1 is 1.04 bits per heavy atom. The zero-order chi connectivity index (χ0) is 38.8. The van der Waals surface area contributed by atoms with E-state index in [-0.39, 0.29) is 41.3 Å². The fourth-order valence-electron chi connectivity index (χ4n) is 6.84. The quantitative estimate of drug-likeness (QED) is 0.0395. The first-order chi connectivity index (χ1) is 27.3. The van der Waals surface area contributed by atoms with Crippen molar-refractivity contribution in [3.8, 4) is 0 Å². The third-order valence-corrected chi connectivity index (χ3v) is 12.2. The van der Waals surface area contributed by atoms with E-state index in [9.17, 15) is 23.9 Å². The number of aliphatic carboxylic acids is 1. The highest BCUT2D eigenvalue weighted by molar-refractivity contribution is 8.00. The molecule has 3 N–H and O–H groups in total. The van der Waals surface area contributed by atoms with Crippen molar-refractivity contribution in [3.63, 3.8) is 0 Å². The van der Waals surface area contributed by atoms with E-state index in [1.807, 2.05) is 131 Å². The molecule has 13 nitrogen and oxygen atoms in total. The standard InChI is InChI=1S/C39H31FN8O5S3.HI/c1-46-19-29-47(23-46)28(21-54-29)18-17-24-20-55-36-31(35(50)48(36)32(24)37(51)52)41-34(49)30(44-53-22-40)33-42-38(56-45-33)43-39(25-11-5-2-6-12-25,26-13-7-3-8-14-26)27-15-9-4-10-16-27;/h2-19,21,23,31,36H,20,22H2,1H3,(H2-,41,42,43,45,49,51,52);1H/b18-17?,44-30-;/t31-,36-;/m1./s1. The van der Waals surface area contributed by atoms with Gasteiger partial charge in [0.25, 0.3) is 18.7 Å². The van der Waals surface area contributed by atoms with Gasteiger partial charge in [0.05, 0.1) is 7.05 Å². The summed E-state index contributed by atoms with van der Waals surface area (Å²) < 4.78 is 21.6. The van der Waals surface area contributed by atoms with E-state index in [1.165, 1.54) is 16.7 Å². The second kappa shape index (κ2) is 17.0. The Labute approximate surface area is 354 Å². The highest BCUT2D eigenvalue weighted by atomic mass is 127. The van der Waals surface area contributed by atoms with E-state index in [0.717, 1.165) is 38.7 Å². The average molecular weight is 935 g/mol. The maximum Gasteiger partial charge on any atom is 0.352 e. The lowest BCUT2D eigenvalue weighted by Gasteiger charge is -2.49. The number of aromatic nitrogens is 4. The number of hydrogen-bond donors (Lipinski definition) is 3. The first-order valence-corrected chi connectivity index (χ1v) is 19.9. The van der Waals surface area contributed by atoms with Crippen LogP contribution in [0.5, 0.6) is 0 Å². The van der Waals surface area contributed by atoms with E-state index < -0.39 is 47.3 Å². The molecule has 290 valence electrons. The number of aryl methyl sites for hydroxylation is 1. The second-order valence-electron chi connectivity index (χ2n) is 12.7. The van der Waals surface area contributed by atoms with Gasteiger partial charge in [0.2, 0.25) is 27.8 Å². The van der Waals surface area contributed by atoms with Gasteiger partial charge < -0.3 is 44.6 Å². The Hall–Kier alpha value is -5.44. The first-order valence-electron chi connectivity index (χ1n) is 17.2. The number of β-lactam (4-membered cyclic amide) rings is 1. The van der Waals surface area contributed by atoms with E-state index in [1.54, 1.807) is 17.4 Å². The summed E-state index contributed by atoms with van der Waals surface area (Å²) >= 11 is 3.82. The topological polar surface area (TPSA) is 154 Å². The summed E-state index contributed by atoms with van der Waals surface area (Å²) in [6, 6.07) is 28.4. The van der Waals surface area contributed by atoms with Gasteiger partial charge in [-0.3, -0.25) is 14.5 Å². The number of thioether (sulfide) groups is 1. The summed E-state index contributed by atoms with van der Waals surface area (Å²) in [5.74, 6) is -2.67. The van der Waals surface area contributed by atoms with E-state index in [0.29, 0.717) is 10.7 Å². The van der Waals surface area contributed by atoms with E-state index >= 15 is 0 Å². The van der Waals surface area contributed by atoms with Crippen LogP contribution in [0.1, 0.15) is 28.2 Å². The number of carboxylic acids is 1. The van der Waals surface area contributed by atoms with E-state index in [4.69, 9.17) is 0 Å². The van der Waals surface area contributed by atoms with Gasteiger partial charge in [-0.25, -0.2) is 13.8 Å². The number of carbonyl (C=O) groups is 3. The van der Waals surface area contributed by atoms with Crippen molar-refractivity contribution in [2.75, 3.05) is 17.9 Å². The number of carboxylic acid groups (broad SMARTS) is 1. The van der Waals surface area contributed by atoms with Crippen LogP contribution >= 0.6 is 34.6 Å². The van der Waals surface area contributed by atoms with Crippen LogP contribution in [-0.2, 0) is 31.8 Å². The number of alkyl halides is 1. The molecule has 2 amide bonds. The molecular formula is C39H32FIN8O5S3. The minimum Gasteiger partial charge on any atom is -1.00 e. The Morgan fingerprint density at radius 3 is 2.26 bits per heavy atom. The molecule has 57 heavy (non-hydrogen) atoms. The Morgan fingerprint density at radius 2 is 1.67 bits per heavy atom. The van der Waals surface area contributed by atoms with Crippen molar-refractivity contribution in [3.05, 3.63) is 154 Å². The number of thiazole rings is 1. The maximum atomic E-state index is 13.8. The van der Waals surface area contributed by atoms with Gasteiger partial charge in [-0.05, 0) is 28.3 Å². The average Bonchev–Trinajstić information content (AvgIpc) is 3.95. The summed E-state index contributed by atoms with van der Waals surface area (Å²) in [7, 11) is 1.92. The molecule has 2 aliphatic heterocycles. The highest BCUT2D eigenvalue weighted by Crippen LogP contribution is 2.42. The molecule has 0 spiro atoms. The van der Waals surface area contributed by atoms with Crippen molar-refractivity contribution >= 4 is 74.2 Å². The van der Waals surface area contributed by atoms with Gasteiger partial charge in [-0.1, -0.05) is 114 Å². The van der Waals surface area contributed by atoms with Gasteiger partial charge in [-0.2, -0.15) is 13.8 Å². The molecule has 0 unspecified atom stereocenters. The number of nitrogens with zero attached hydrogens (tertiary/aromatic N) is 6.